The Hall–Kier alpha value is -0.740. The number of rotatable bonds is 6. The lowest BCUT2D eigenvalue weighted by Crippen LogP contribution is -2.55. The zero-order valence-electron chi connectivity index (χ0n) is 14.1. The van der Waals surface area contributed by atoms with Gasteiger partial charge in [-0.05, 0) is 0 Å². The van der Waals surface area contributed by atoms with Gasteiger partial charge in [-0.25, -0.2) is 0 Å². The molecule has 23 heavy (non-hydrogen) atoms. The van der Waals surface area contributed by atoms with Crippen LogP contribution < -0.4 is 0 Å². The first-order valence-electron chi connectivity index (χ1n) is 8.32. The molecule has 0 aromatic carbocycles. The predicted molar refractivity (Wildman–Crippen MR) is 87.3 cm³/mol. The lowest BCUT2D eigenvalue weighted by molar-refractivity contribution is -0.136. The number of hydrogen-bond acceptors (Lipinski definition) is 5. The van der Waals surface area contributed by atoms with Crippen molar-refractivity contribution >= 4 is 16.1 Å². The van der Waals surface area contributed by atoms with Crippen molar-refractivity contribution in [2.75, 3.05) is 72.1 Å². The van der Waals surface area contributed by atoms with Crippen LogP contribution in [0.25, 0.3) is 0 Å². The summed E-state index contributed by atoms with van der Waals surface area (Å²) < 4.78 is 33.2. The molecule has 2 saturated heterocycles. The fourth-order valence-electron chi connectivity index (χ4n) is 2.94. The largest absolute Gasteiger partial charge is 0.378 e. The minimum absolute atomic E-state index is 0.105. The zero-order valence-corrected chi connectivity index (χ0v) is 14.9. The molecule has 2 rings (SSSR count). The lowest BCUT2D eigenvalue weighted by Gasteiger charge is -2.37. The summed E-state index contributed by atoms with van der Waals surface area (Å²) in [7, 11) is -3.37. The summed E-state index contributed by atoms with van der Waals surface area (Å²) in [5.74, 6) is 0.105. The molecule has 2 aliphatic rings. The Balaban J connectivity index is 1.82. The molecule has 0 N–H and O–H groups in total. The minimum Gasteiger partial charge on any atom is -0.378 e. The standard InChI is InChI=1S/C14H28N4O4S/c1-3-17(4-2)23(20,21)18-7-5-15(6-8-18)13-14(19)16-9-11-22-12-10-16/h3-13H2,1-2H3. The highest BCUT2D eigenvalue weighted by Gasteiger charge is 2.31. The van der Waals surface area contributed by atoms with Gasteiger partial charge < -0.3 is 9.64 Å². The first-order chi connectivity index (χ1) is 11.0. The highest BCUT2D eigenvalue weighted by Crippen LogP contribution is 2.12. The van der Waals surface area contributed by atoms with Crippen molar-refractivity contribution in [1.82, 2.24) is 18.4 Å². The van der Waals surface area contributed by atoms with E-state index < -0.39 is 10.2 Å². The number of morpholine rings is 1. The number of nitrogens with zero attached hydrogens (tertiary/aromatic N) is 4. The second-order valence-corrected chi connectivity index (χ2v) is 7.69. The number of hydrogen-bond donors (Lipinski definition) is 0. The van der Waals surface area contributed by atoms with Gasteiger partial charge in [0.05, 0.1) is 19.8 Å². The van der Waals surface area contributed by atoms with E-state index in [9.17, 15) is 13.2 Å². The molecule has 0 radical (unpaired) electrons. The first kappa shape index (κ1) is 18.6. The molecule has 9 heteroatoms. The van der Waals surface area contributed by atoms with E-state index >= 15 is 0 Å². The van der Waals surface area contributed by atoms with Crippen LogP contribution in [0.3, 0.4) is 0 Å². The van der Waals surface area contributed by atoms with E-state index in [4.69, 9.17) is 4.74 Å². The van der Waals surface area contributed by atoms with Crippen LogP contribution >= 0.6 is 0 Å². The maximum absolute atomic E-state index is 12.5. The third kappa shape index (κ3) is 4.63. The smallest absolute Gasteiger partial charge is 0.282 e. The molecule has 2 heterocycles. The molecule has 2 fully saturated rings. The fourth-order valence-corrected chi connectivity index (χ4v) is 4.54. The van der Waals surface area contributed by atoms with E-state index in [0.29, 0.717) is 72.1 Å². The summed E-state index contributed by atoms with van der Waals surface area (Å²) in [6.45, 7) is 9.57. The van der Waals surface area contributed by atoms with Gasteiger partial charge in [0.25, 0.3) is 10.2 Å². The van der Waals surface area contributed by atoms with Crippen LogP contribution in [0.15, 0.2) is 0 Å². The van der Waals surface area contributed by atoms with E-state index in [2.05, 4.69) is 0 Å². The highest BCUT2D eigenvalue weighted by atomic mass is 32.2. The first-order valence-corrected chi connectivity index (χ1v) is 9.71. The Morgan fingerprint density at radius 2 is 1.57 bits per heavy atom. The topological polar surface area (TPSA) is 73.4 Å². The molecule has 0 aliphatic carbocycles. The average Bonchev–Trinajstić information content (AvgIpc) is 2.57. The minimum atomic E-state index is -3.37. The molecule has 8 nitrogen and oxygen atoms in total. The Bertz CT molecular complexity index is 481. The summed E-state index contributed by atoms with van der Waals surface area (Å²) in [5.41, 5.74) is 0. The highest BCUT2D eigenvalue weighted by molar-refractivity contribution is 7.86. The summed E-state index contributed by atoms with van der Waals surface area (Å²) in [4.78, 5) is 16.1. The van der Waals surface area contributed by atoms with Crippen LogP contribution in [0.4, 0.5) is 0 Å². The molecular weight excluding hydrogens is 320 g/mol. The number of amides is 1. The maximum atomic E-state index is 12.5. The van der Waals surface area contributed by atoms with Crippen molar-refractivity contribution in [2.24, 2.45) is 0 Å². The van der Waals surface area contributed by atoms with Gasteiger partial charge in [-0.2, -0.15) is 17.0 Å². The van der Waals surface area contributed by atoms with Crippen LogP contribution in [-0.4, -0.2) is 105 Å². The second-order valence-electron chi connectivity index (χ2n) is 5.76. The van der Waals surface area contributed by atoms with Gasteiger partial charge in [0.2, 0.25) is 5.91 Å². The van der Waals surface area contributed by atoms with E-state index in [1.165, 1.54) is 8.61 Å². The quantitative estimate of drug-likeness (QED) is 0.619. The molecular formula is C14H28N4O4S. The van der Waals surface area contributed by atoms with Gasteiger partial charge in [0.15, 0.2) is 0 Å². The van der Waals surface area contributed by atoms with Crippen molar-refractivity contribution in [2.45, 2.75) is 13.8 Å². The van der Waals surface area contributed by atoms with Crippen molar-refractivity contribution in [3.05, 3.63) is 0 Å². The summed E-state index contributed by atoms with van der Waals surface area (Å²) in [6, 6.07) is 0. The van der Waals surface area contributed by atoms with Crippen molar-refractivity contribution < 1.29 is 17.9 Å². The zero-order chi connectivity index (χ0) is 16.9. The molecule has 0 aromatic heterocycles. The molecule has 134 valence electrons. The summed E-state index contributed by atoms with van der Waals surface area (Å²) in [6.07, 6.45) is 0. The SMILES string of the molecule is CCN(CC)S(=O)(=O)N1CCN(CC(=O)N2CCOCC2)CC1. The van der Waals surface area contributed by atoms with Crippen LogP contribution in [0.1, 0.15) is 13.8 Å². The number of carbonyl (C=O) groups excluding carboxylic acids is 1. The van der Waals surface area contributed by atoms with E-state index in [1.54, 1.807) is 0 Å². The van der Waals surface area contributed by atoms with Crippen LogP contribution in [0, 0.1) is 0 Å². The van der Waals surface area contributed by atoms with Gasteiger partial charge in [-0.3, -0.25) is 9.69 Å². The third-order valence-electron chi connectivity index (χ3n) is 4.41. The molecule has 0 spiro atoms. The fraction of sp³-hybridized carbons (Fsp3) is 0.929. The van der Waals surface area contributed by atoms with Crippen LogP contribution in [-0.2, 0) is 19.7 Å². The van der Waals surface area contributed by atoms with Gasteiger partial charge in [0.1, 0.15) is 0 Å². The third-order valence-corrected chi connectivity index (χ3v) is 6.60. The molecule has 0 atom stereocenters. The number of ether oxygens (including phenoxy) is 1. The summed E-state index contributed by atoms with van der Waals surface area (Å²) >= 11 is 0. The normalized spacial score (nSPS) is 21.8. The Morgan fingerprint density at radius 3 is 2.09 bits per heavy atom. The molecule has 2 aliphatic heterocycles. The van der Waals surface area contributed by atoms with Crippen molar-refractivity contribution in [3.63, 3.8) is 0 Å². The Kier molecular flexibility index (Phi) is 6.78. The van der Waals surface area contributed by atoms with Gasteiger partial charge >= 0.3 is 0 Å². The Morgan fingerprint density at radius 1 is 1.00 bits per heavy atom. The second kappa shape index (κ2) is 8.39. The van der Waals surface area contributed by atoms with Crippen molar-refractivity contribution in [3.8, 4) is 0 Å². The number of carbonyl (C=O) groups is 1. The van der Waals surface area contributed by atoms with Crippen LogP contribution in [0.2, 0.25) is 0 Å². The monoisotopic (exact) mass is 348 g/mol. The van der Waals surface area contributed by atoms with Crippen LogP contribution in [0.5, 0.6) is 0 Å². The van der Waals surface area contributed by atoms with Gasteiger partial charge in [0, 0.05) is 52.4 Å². The van der Waals surface area contributed by atoms with Gasteiger partial charge in [-0.1, -0.05) is 13.8 Å². The molecule has 0 saturated carbocycles. The van der Waals surface area contributed by atoms with Crippen molar-refractivity contribution in [1.29, 1.82) is 0 Å². The average molecular weight is 348 g/mol. The molecule has 0 unspecified atom stereocenters. The molecule has 0 bridgehead atoms. The summed E-state index contributed by atoms with van der Waals surface area (Å²) in [5, 5.41) is 0. The van der Waals surface area contributed by atoms with Gasteiger partial charge in [-0.15, -0.1) is 0 Å². The van der Waals surface area contributed by atoms with E-state index in [-0.39, 0.29) is 5.91 Å². The van der Waals surface area contributed by atoms with E-state index in [1.807, 2.05) is 23.6 Å². The Labute approximate surface area is 139 Å². The lowest BCUT2D eigenvalue weighted by atomic mass is 10.3. The number of piperazine rings is 1. The molecule has 1 amide bonds. The van der Waals surface area contributed by atoms with E-state index in [0.717, 1.165) is 0 Å². The maximum Gasteiger partial charge on any atom is 0.282 e. The molecule has 0 aromatic rings. The predicted octanol–water partition coefficient (Wildman–Crippen LogP) is -0.951.